The van der Waals surface area contributed by atoms with Crippen molar-refractivity contribution in [1.82, 2.24) is 0 Å². The molecule has 3 unspecified atom stereocenters. The zero-order valence-electron chi connectivity index (χ0n) is 47.3. The summed E-state index contributed by atoms with van der Waals surface area (Å²) in [6, 6.07) is 0. The molecule has 0 saturated carbocycles. The molecule has 12 heteroatoms. The first-order valence-corrected chi connectivity index (χ1v) is 31.3. The van der Waals surface area contributed by atoms with E-state index in [1.807, 2.05) is 12.2 Å². The predicted octanol–water partition coefficient (Wildman–Crippen LogP) is 17.7. The number of ether oxygens (including phenoxy) is 3. The minimum atomic E-state index is -4.77. The number of phosphoric ester groups is 1. The first-order valence-electron chi connectivity index (χ1n) is 29.8. The third-order valence-corrected chi connectivity index (χ3v) is 13.6. The van der Waals surface area contributed by atoms with E-state index in [0.717, 1.165) is 64.2 Å². The Morgan fingerprint density at radius 3 is 1.18 bits per heavy atom. The fraction of sp³-hybridized carbons (Fsp3) is 0.758. The van der Waals surface area contributed by atoms with Crippen molar-refractivity contribution in [2.75, 3.05) is 26.4 Å². The average molecular weight is 1060 g/mol. The molecule has 11 nitrogen and oxygen atoms in total. The van der Waals surface area contributed by atoms with Crippen LogP contribution in [0.4, 0.5) is 0 Å². The van der Waals surface area contributed by atoms with E-state index in [2.05, 4.69) is 75.5 Å². The maximum Gasteiger partial charge on any atom is 0.472 e. The molecule has 0 heterocycles. The van der Waals surface area contributed by atoms with Crippen LogP contribution in [0.3, 0.4) is 0 Å². The van der Waals surface area contributed by atoms with Gasteiger partial charge in [-0.1, -0.05) is 248 Å². The first-order chi connectivity index (χ1) is 36.2. The van der Waals surface area contributed by atoms with Crippen molar-refractivity contribution >= 4 is 25.7 Å². The Balaban J connectivity index is 4.78. The molecule has 0 bridgehead atoms. The summed E-state index contributed by atoms with van der Waals surface area (Å²) in [5.41, 5.74) is 0. The number of aliphatic hydroxyl groups excluding tert-OH is 1. The number of phosphoric acid groups is 1. The molecule has 0 aromatic rings. The number of hydrogen-bond donors (Lipinski definition) is 2. The van der Waals surface area contributed by atoms with Crippen LogP contribution in [-0.2, 0) is 42.2 Å². The van der Waals surface area contributed by atoms with Crippen molar-refractivity contribution in [2.24, 2.45) is 0 Å². The molecule has 0 aliphatic carbocycles. The van der Waals surface area contributed by atoms with Crippen LogP contribution in [0.15, 0.2) is 72.9 Å². The number of rotatable bonds is 55. The highest BCUT2D eigenvalue weighted by atomic mass is 31.2. The second-order valence-electron chi connectivity index (χ2n) is 19.8. The molecule has 0 aromatic heterocycles. The number of unbranched alkanes of at least 4 members (excludes halogenated alkanes) is 27. The lowest BCUT2D eigenvalue weighted by molar-refractivity contribution is -0.160. The van der Waals surface area contributed by atoms with Crippen LogP contribution in [0.1, 0.15) is 265 Å². The van der Waals surface area contributed by atoms with Gasteiger partial charge in [0.2, 0.25) is 0 Å². The molecule has 2 N–H and O–H groups in total. The van der Waals surface area contributed by atoms with E-state index in [9.17, 15) is 28.9 Å². The van der Waals surface area contributed by atoms with Gasteiger partial charge in [0, 0.05) is 12.8 Å². The number of esters is 3. The first kappa shape index (κ1) is 70.9. The van der Waals surface area contributed by atoms with E-state index in [1.165, 1.54) is 141 Å². The monoisotopic (exact) mass is 1060 g/mol. The number of aliphatic hydroxyl groups is 1. The minimum Gasteiger partial charge on any atom is -0.462 e. The molecule has 0 aliphatic heterocycles. The summed E-state index contributed by atoms with van der Waals surface area (Å²) in [6.07, 6.45) is 63.2. The van der Waals surface area contributed by atoms with E-state index in [4.69, 9.17) is 23.3 Å². The van der Waals surface area contributed by atoms with Gasteiger partial charge in [0.05, 0.1) is 26.2 Å². The van der Waals surface area contributed by atoms with Crippen molar-refractivity contribution in [3.05, 3.63) is 72.9 Å². The summed E-state index contributed by atoms with van der Waals surface area (Å²) >= 11 is 0. The average Bonchev–Trinajstić information content (AvgIpc) is 3.39. The molecule has 0 amide bonds. The van der Waals surface area contributed by atoms with Crippen LogP contribution in [0.5, 0.6) is 0 Å². The molecule has 0 aromatic carbocycles. The molecule has 428 valence electrons. The third kappa shape index (κ3) is 53.7. The van der Waals surface area contributed by atoms with Gasteiger partial charge >= 0.3 is 25.7 Å². The number of carbonyl (C=O) groups excluding carboxylic acids is 3. The highest BCUT2D eigenvalue weighted by Crippen LogP contribution is 2.43. The van der Waals surface area contributed by atoms with Crippen molar-refractivity contribution < 1.29 is 52.2 Å². The molecular weight excluding hydrogens is 952 g/mol. The summed E-state index contributed by atoms with van der Waals surface area (Å²) in [6.45, 7) is 4.44. The SMILES string of the molecule is CC/C=C\C/C=C\C/C=C\C/C=C\C/C=C\CC(=O)OC(COC(=O)CCCCCCCCCCC/C=C\CCCCCCCC)COP(=O)(O)OCC(CO)OC(=O)CCCCCCCCCCCCCCC. The fourth-order valence-electron chi connectivity index (χ4n) is 8.13. The van der Waals surface area contributed by atoms with E-state index in [1.54, 1.807) is 6.08 Å². The Morgan fingerprint density at radius 1 is 0.405 bits per heavy atom. The van der Waals surface area contributed by atoms with Crippen molar-refractivity contribution in [1.29, 1.82) is 0 Å². The normalized spacial score (nSPS) is 13.9. The fourth-order valence-corrected chi connectivity index (χ4v) is 8.92. The van der Waals surface area contributed by atoms with Gasteiger partial charge in [-0.2, -0.15) is 0 Å². The van der Waals surface area contributed by atoms with Crippen LogP contribution in [0.25, 0.3) is 0 Å². The molecule has 0 aliphatic rings. The molecule has 0 saturated heterocycles. The minimum absolute atomic E-state index is 0.0647. The van der Waals surface area contributed by atoms with E-state index in [0.29, 0.717) is 19.3 Å². The molecule has 0 fully saturated rings. The lowest BCUT2D eigenvalue weighted by atomic mass is 10.0. The van der Waals surface area contributed by atoms with Crippen LogP contribution >= 0.6 is 7.82 Å². The van der Waals surface area contributed by atoms with Crippen molar-refractivity contribution in [3.8, 4) is 0 Å². The molecular formula is C62H109O11P. The van der Waals surface area contributed by atoms with Gasteiger partial charge in [0.25, 0.3) is 0 Å². The van der Waals surface area contributed by atoms with Crippen molar-refractivity contribution in [3.63, 3.8) is 0 Å². The third-order valence-electron chi connectivity index (χ3n) is 12.6. The Hall–Kier alpha value is -3.08. The quantitative estimate of drug-likeness (QED) is 0.0197. The molecule has 3 atom stereocenters. The Morgan fingerprint density at radius 2 is 0.757 bits per heavy atom. The number of allylic oxidation sites excluding steroid dienone is 11. The summed E-state index contributed by atoms with van der Waals surface area (Å²) in [5.74, 6) is -1.61. The summed E-state index contributed by atoms with van der Waals surface area (Å²) < 4.78 is 39.4. The molecule has 0 spiro atoms. The highest BCUT2D eigenvalue weighted by Gasteiger charge is 2.28. The van der Waals surface area contributed by atoms with Crippen LogP contribution in [0, 0.1) is 0 Å². The second kappa shape index (κ2) is 56.1. The van der Waals surface area contributed by atoms with Gasteiger partial charge in [-0.05, 0) is 70.6 Å². The Bertz CT molecular complexity index is 1520. The maximum atomic E-state index is 12.9. The smallest absolute Gasteiger partial charge is 0.462 e. The van der Waals surface area contributed by atoms with Gasteiger partial charge in [0.1, 0.15) is 12.7 Å². The van der Waals surface area contributed by atoms with Gasteiger partial charge in [0.15, 0.2) is 6.10 Å². The number of hydrogen-bond acceptors (Lipinski definition) is 10. The topological polar surface area (TPSA) is 155 Å². The lowest BCUT2D eigenvalue weighted by Gasteiger charge is -2.21. The molecule has 0 rings (SSSR count). The van der Waals surface area contributed by atoms with E-state index >= 15 is 0 Å². The van der Waals surface area contributed by atoms with Gasteiger partial charge < -0.3 is 24.2 Å². The van der Waals surface area contributed by atoms with Crippen LogP contribution in [0.2, 0.25) is 0 Å². The summed E-state index contributed by atoms with van der Waals surface area (Å²) in [5, 5.41) is 9.81. The van der Waals surface area contributed by atoms with Crippen LogP contribution < -0.4 is 0 Å². The highest BCUT2D eigenvalue weighted by molar-refractivity contribution is 7.47. The predicted molar refractivity (Wildman–Crippen MR) is 307 cm³/mol. The zero-order chi connectivity index (χ0) is 54.1. The molecule has 74 heavy (non-hydrogen) atoms. The lowest BCUT2D eigenvalue weighted by Crippen LogP contribution is -2.30. The maximum absolute atomic E-state index is 12.9. The van der Waals surface area contributed by atoms with E-state index in [-0.39, 0.29) is 25.9 Å². The summed E-state index contributed by atoms with van der Waals surface area (Å²) in [4.78, 5) is 48.5. The molecule has 0 radical (unpaired) electrons. The number of carbonyl (C=O) groups is 3. The standard InChI is InChI=1S/C62H109O11P/c1-4-7-10-13-16-19-22-25-27-28-29-30-32-34-36-39-42-45-48-51-60(64)69-55-59(73-62(66)53-50-47-44-41-38-35-31-26-23-20-17-14-11-8-5-2)57-71-74(67,68)70-56-58(54-63)72-61(65)52-49-46-43-40-37-33-24-21-18-15-12-9-6-3/h8,11,17,20,25-27,31,38,41,47,50,58-59,63H,4-7,9-10,12-16,18-19,21-24,28-30,32-37,39-40,42-46,48-49,51-57H2,1-3H3,(H,67,68)/b11-8-,20-17-,27-25-,31-26-,41-38-,50-47-. The van der Waals surface area contributed by atoms with Gasteiger partial charge in [-0.25, -0.2) is 4.57 Å². The van der Waals surface area contributed by atoms with Crippen molar-refractivity contribution in [2.45, 2.75) is 277 Å². The van der Waals surface area contributed by atoms with E-state index < -0.39 is 57.8 Å². The van der Waals surface area contributed by atoms with Crippen LogP contribution in [-0.4, -0.2) is 66.5 Å². The summed E-state index contributed by atoms with van der Waals surface area (Å²) in [7, 11) is -4.77. The largest absolute Gasteiger partial charge is 0.472 e. The van der Waals surface area contributed by atoms with Gasteiger partial charge in [-0.3, -0.25) is 23.4 Å². The Kier molecular flexibility index (Phi) is 53.8. The Labute approximate surface area is 452 Å². The zero-order valence-corrected chi connectivity index (χ0v) is 48.2. The van der Waals surface area contributed by atoms with Gasteiger partial charge in [-0.15, -0.1) is 0 Å². The second-order valence-corrected chi connectivity index (χ2v) is 21.3.